The van der Waals surface area contributed by atoms with Crippen molar-refractivity contribution in [3.05, 3.63) is 16.1 Å². The van der Waals surface area contributed by atoms with Crippen LogP contribution in [0.3, 0.4) is 0 Å². The molecule has 1 saturated heterocycles. The van der Waals surface area contributed by atoms with Crippen LogP contribution in [-0.4, -0.2) is 23.5 Å². The topological polar surface area (TPSA) is 54.0 Å². The van der Waals surface area contributed by atoms with Crippen LogP contribution in [-0.2, 0) is 4.79 Å². The van der Waals surface area contributed by atoms with Gasteiger partial charge in [0.15, 0.2) is 0 Å². The van der Waals surface area contributed by atoms with Gasteiger partial charge in [0.25, 0.3) is 0 Å². The molecular weight excluding hydrogens is 305 g/mol. The van der Waals surface area contributed by atoms with Gasteiger partial charge in [-0.15, -0.1) is 36.2 Å². The van der Waals surface area contributed by atoms with Crippen LogP contribution in [0.15, 0.2) is 5.38 Å². The molecule has 1 aliphatic heterocycles. The Labute approximate surface area is 130 Å². The van der Waals surface area contributed by atoms with Crippen molar-refractivity contribution < 1.29 is 4.79 Å². The van der Waals surface area contributed by atoms with Crippen LogP contribution in [0.25, 0.3) is 0 Å². The molecule has 0 aromatic carbocycles. The maximum Gasteiger partial charge on any atom is 0.222 e. The minimum atomic E-state index is 0. The number of hydrogen-bond acceptors (Lipinski definition) is 4. The van der Waals surface area contributed by atoms with E-state index in [2.05, 4.69) is 15.6 Å². The van der Waals surface area contributed by atoms with Crippen molar-refractivity contribution in [2.75, 3.05) is 6.54 Å². The molecular formula is C12H21Cl2N3OS. The van der Waals surface area contributed by atoms with E-state index in [1.807, 2.05) is 19.2 Å². The summed E-state index contributed by atoms with van der Waals surface area (Å²) in [5, 5.41) is 9.33. The van der Waals surface area contributed by atoms with Crippen molar-refractivity contribution in [3.8, 4) is 0 Å². The number of nitrogens with one attached hydrogen (secondary N) is 2. The van der Waals surface area contributed by atoms with Crippen LogP contribution in [0.5, 0.6) is 0 Å². The second kappa shape index (κ2) is 8.74. The molecule has 1 aromatic heterocycles. The molecule has 0 spiro atoms. The number of carbonyl (C=O) groups is 1. The number of thiazole rings is 1. The fourth-order valence-electron chi connectivity index (χ4n) is 2.09. The van der Waals surface area contributed by atoms with Crippen molar-refractivity contribution in [2.24, 2.45) is 0 Å². The lowest BCUT2D eigenvalue weighted by molar-refractivity contribution is -0.122. The molecule has 1 fully saturated rings. The van der Waals surface area contributed by atoms with Gasteiger partial charge < -0.3 is 10.6 Å². The SMILES string of the molecule is Cc1csc(C(C)NC(=O)CC2CCCN2)n1.Cl.Cl. The van der Waals surface area contributed by atoms with E-state index >= 15 is 0 Å². The number of aromatic nitrogens is 1. The van der Waals surface area contributed by atoms with Crippen molar-refractivity contribution in [3.63, 3.8) is 0 Å². The molecule has 0 bridgehead atoms. The van der Waals surface area contributed by atoms with Crippen LogP contribution in [0.1, 0.15) is 42.9 Å². The zero-order chi connectivity index (χ0) is 12.3. The van der Waals surface area contributed by atoms with Gasteiger partial charge >= 0.3 is 0 Å². The van der Waals surface area contributed by atoms with Gasteiger partial charge in [0, 0.05) is 23.5 Å². The average Bonchev–Trinajstić information content (AvgIpc) is 2.89. The molecule has 0 saturated carbocycles. The highest BCUT2D eigenvalue weighted by Gasteiger charge is 2.19. The van der Waals surface area contributed by atoms with E-state index in [0.717, 1.165) is 23.7 Å². The summed E-state index contributed by atoms with van der Waals surface area (Å²) in [6.45, 7) is 4.99. The van der Waals surface area contributed by atoms with E-state index in [9.17, 15) is 4.79 Å². The van der Waals surface area contributed by atoms with E-state index in [4.69, 9.17) is 0 Å². The summed E-state index contributed by atoms with van der Waals surface area (Å²) < 4.78 is 0. The van der Waals surface area contributed by atoms with Gasteiger partial charge in [-0.3, -0.25) is 4.79 Å². The predicted octanol–water partition coefficient (Wildman–Crippen LogP) is 2.61. The summed E-state index contributed by atoms with van der Waals surface area (Å²) in [6.07, 6.45) is 2.87. The van der Waals surface area contributed by atoms with Gasteiger partial charge in [0.1, 0.15) is 5.01 Å². The Morgan fingerprint density at radius 3 is 2.89 bits per heavy atom. The molecule has 0 aliphatic carbocycles. The largest absolute Gasteiger partial charge is 0.347 e. The molecule has 2 heterocycles. The molecule has 2 unspecified atom stereocenters. The first-order chi connectivity index (χ1) is 8.15. The van der Waals surface area contributed by atoms with Crippen LogP contribution in [0.4, 0.5) is 0 Å². The highest BCUT2D eigenvalue weighted by atomic mass is 35.5. The number of hydrogen-bond donors (Lipinski definition) is 2. The lowest BCUT2D eigenvalue weighted by Gasteiger charge is -2.14. The van der Waals surface area contributed by atoms with Crippen LogP contribution in [0.2, 0.25) is 0 Å². The highest BCUT2D eigenvalue weighted by Crippen LogP contribution is 2.18. The third kappa shape index (κ3) is 5.65. The smallest absolute Gasteiger partial charge is 0.222 e. The van der Waals surface area contributed by atoms with Gasteiger partial charge in [-0.2, -0.15) is 0 Å². The molecule has 4 nitrogen and oxygen atoms in total. The first-order valence-electron chi connectivity index (χ1n) is 6.10. The van der Waals surface area contributed by atoms with E-state index in [1.54, 1.807) is 11.3 Å². The first-order valence-corrected chi connectivity index (χ1v) is 6.98. The van der Waals surface area contributed by atoms with Gasteiger partial charge in [-0.05, 0) is 33.2 Å². The Bertz CT molecular complexity index is 394. The predicted molar refractivity (Wildman–Crippen MR) is 83.5 cm³/mol. The summed E-state index contributed by atoms with van der Waals surface area (Å²) in [7, 11) is 0. The molecule has 2 atom stereocenters. The molecule has 2 rings (SSSR count). The summed E-state index contributed by atoms with van der Waals surface area (Å²) >= 11 is 1.60. The number of amides is 1. The van der Waals surface area contributed by atoms with Gasteiger partial charge in [0.2, 0.25) is 5.91 Å². The molecule has 110 valence electrons. The molecule has 1 amide bonds. The number of aryl methyl sites for hydroxylation is 1. The molecule has 1 aromatic rings. The van der Waals surface area contributed by atoms with Crippen LogP contribution < -0.4 is 10.6 Å². The Morgan fingerprint density at radius 1 is 1.63 bits per heavy atom. The van der Waals surface area contributed by atoms with Crippen molar-refractivity contribution >= 4 is 42.1 Å². The zero-order valence-corrected chi connectivity index (χ0v) is 13.6. The second-order valence-electron chi connectivity index (χ2n) is 4.61. The van der Waals surface area contributed by atoms with E-state index in [-0.39, 0.29) is 36.8 Å². The molecule has 7 heteroatoms. The molecule has 2 N–H and O–H groups in total. The van der Waals surface area contributed by atoms with Crippen LogP contribution >= 0.6 is 36.2 Å². The number of nitrogens with zero attached hydrogens (tertiary/aromatic N) is 1. The quantitative estimate of drug-likeness (QED) is 0.894. The van der Waals surface area contributed by atoms with E-state index in [0.29, 0.717) is 12.5 Å². The summed E-state index contributed by atoms with van der Waals surface area (Å²) in [5.74, 6) is 0.116. The lowest BCUT2D eigenvalue weighted by atomic mass is 10.1. The van der Waals surface area contributed by atoms with Crippen molar-refractivity contribution in [2.45, 2.75) is 45.2 Å². The molecule has 1 aliphatic rings. The summed E-state index contributed by atoms with van der Waals surface area (Å²) in [4.78, 5) is 16.2. The fourth-order valence-corrected chi connectivity index (χ4v) is 2.89. The maximum absolute atomic E-state index is 11.8. The minimum Gasteiger partial charge on any atom is -0.347 e. The first kappa shape index (κ1) is 18.6. The van der Waals surface area contributed by atoms with Gasteiger partial charge in [-0.1, -0.05) is 0 Å². The molecule has 0 radical (unpaired) electrons. The fraction of sp³-hybridized carbons (Fsp3) is 0.667. The Kier molecular flexibility index (Phi) is 8.57. The number of rotatable bonds is 4. The highest BCUT2D eigenvalue weighted by molar-refractivity contribution is 7.09. The standard InChI is InChI=1S/C12H19N3OS.2ClH/c1-8-7-17-12(14-8)9(2)15-11(16)6-10-4-3-5-13-10;;/h7,9-10,13H,3-6H2,1-2H3,(H,15,16);2*1H. The lowest BCUT2D eigenvalue weighted by Crippen LogP contribution is -2.33. The Balaban J connectivity index is 0.00000162. The average molecular weight is 326 g/mol. The summed E-state index contributed by atoms with van der Waals surface area (Å²) in [6, 6.07) is 0.378. The van der Waals surface area contributed by atoms with Gasteiger partial charge in [0.05, 0.1) is 6.04 Å². The number of halogens is 2. The summed E-state index contributed by atoms with van der Waals surface area (Å²) in [5.41, 5.74) is 1.02. The minimum absolute atomic E-state index is 0. The number of carbonyl (C=O) groups excluding carboxylic acids is 1. The third-order valence-corrected chi connectivity index (χ3v) is 4.12. The Hall–Kier alpha value is -0.360. The second-order valence-corrected chi connectivity index (χ2v) is 5.50. The van der Waals surface area contributed by atoms with Crippen LogP contribution in [0, 0.1) is 6.92 Å². The third-order valence-electron chi connectivity index (χ3n) is 2.98. The maximum atomic E-state index is 11.8. The van der Waals surface area contributed by atoms with Crippen molar-refractivity contribution in [1.82, 2.24) is 15.6 Å². The normalized spacial score (nSPS) is 19.2. The van der Waals surface area contributed by atoms with Gasteiger partial charge in [-0.25, -0.2) is 4.98 Å². The van der Waals surface area contributed by atoms with E-state index in [1.165, 1.54) is 6.42 Å². The molecule has 19 heavy (non-hydrogen) atoms. The van der Waals surface area contributed by atoms with Crippen molar-refractivity contribution in [1.29, 1.82) is 0 Å². The monoisotopic (exact) mass is 325 g/mol. The zero-order valence-electron chi connectivity index (χ0n) is 11.1. The van der Waals surface area contributed by atoms with E-state index < -0.39 is 0 Å². The Morgan fingerprint density at radius 2 is 2.37 bits per heavy atom.